The normalized spacial score (nSPS) is 10.0. The van der Waals surface area contributed by atoms with Gasteiger partial charge in [-0.1, -0.05) is 18.2 Å². The Morgan fingerprint density at radius 2 is 2.21 bits per heavy atom. The molecule has 0 bridgehead atoms. The molecule has 0 unspecified atom stereocenters. The first-order valence-corrected chi connectivity index (χ1v) is 5.71. The average Bonchev–Trinajstić information content (AvgIpc) is 2.88. The molecule has 2 amide bonds. The summed E-state index contributed by atoms with van der Waals surface area (Å²) in [6.45, 7) is 0.537. The fourth-order valence-corrected chi connectivity index (χ4v) is 1.67. The highest BCUT2D eigenvalue weighted by Crippen LogP contribution is 2.17. The molecule has 0 aliphatic rings. The molecule has 2 rings (SSSR count). The minimum absolute atomic E-state index is 0.268. The third-order valence-corrected chi connectivity index (χ3v) is 2.59. The van der Waals surface area contributed by atoms with Crippen molar-refractivity contribution in [3.8, 4) is 0 Å². The molecule has 1 aromatic heterocycles. The summed E-state index contributed by atoms with van der Waals surface area (Å²) in [7, 11) is 1.56. The standard InChI is InChI=1S/C12H15N5O2/c1-13-12(18)15-10-5-3-2-4-9(10)6-17-7-11(16-19)14-8-17/h2-5,7-8,16,19H,6H2,1H3,(H2,13,15,18). The molecule has 0 aliphatic carbocycles. The van der Waals surface area contributed by atoms with Gasteiger partial charge in [0, 0.05) is 18.9 Å². The quantitative estimate of drug-likeness (QED) is 0.627. The van der Waals surface area contributed by atoms with Gasteiger partial charge in [0.15, 0.2) is 5.82 Å². The molecular formula is C12H15N5O2. The largest absolute Gasteiger partial charge is 0.341 e. The summed E-state index contributed by atoms with van der Waals surface area (Å²) in [6.07, 6.45) is 3.26. The molecule has 7 nitrogen and oxygen atoms in total. The van der Waals surface area contributed by atoms with Gasteiger partial charge in [-0.15, -0.1) is 0 Å². The summed E-state index contributed by atoms with van der Waals surface area (Å²) in [5.41, 5.74) is 3.65. The molecule has 2 aromatic rings. The first-order chi connectivity index (χ1) is 9.22. The minimum Gasteiger partial charge on any atom is -0.341 e. The number of para-hydroxylation sites is 1. The van der Waals surface area contributed by atoms with Gasteiger partial charge in [-0.2, -0.15) is 0 Å². The van der Waals surface area contributed by atoms with E-state index in [0.717, 1.165) is 11.3 Å². The van der Waals surface area contributed by atoms with Crippen LogP contribution in [0.4, 0.5) is 16.3 Å². The molecule has 0 saturated carbocycles. The van der Waals surface area contributed by atoms with Gasteiger partial charge in [0.2, 0.25) is 0 Å². The van der Waals surface area contributed by atoms with Crippen molar-refractivity contribution in [2.75, 3.05) is 17.8 Å². The third kappa shape index (κ3) is 3.23. The van der Waals surface area contributed by atoms with Crippen molar-refractivity contribution in [3.05, 3.63) is 42.4 Å². The molecule has 0 radical (unpaired) electrons. The molecule has 1 aromatic carbocycles. The Morgan fingerprint density at radius 1 is 1.42 bits per heavy atom. The van der Waals surface area contributed by atoms with Crippen LogP contribution in [0.15, 0.2) is 36.8 Å². The minimum atomic E-state index is -0.268. The number of rotatable bonds is 4. The Morgan fingerprint density at radius 3 is 2.89 bits per heavy atom. The van der Waals surface area contributed by atoms with Gasteiger partial charge in [-0.05, 0) is 11.6 Å². The zero-order valence-corrected chi connectivity index (χ0v) is 10.4. The molecule has 0 aliphatic heterocycles. The summed E-state index contributed by atoms with van der Waals surface area (Å²) < 4.78 is 1.79. The summed E-state index contributed by atoms with van der Waals surface area (Å²) in [5, 5.41) is 14.0. The number of hydrogen-bond acceptors (Lipinski definition) is 4. The molecule has 1 heterocycles. The van der Waals surface area contributed by atoms with Gasteiger partial charge < -0.3 is 15.2 Å². The van der Waals surface area contributed by atoms with Crippen LogP contribution < -0.4 is 16.1 Å². The summed E-state index contributed by atoms with van der Waals surface area (Å²) in [5.74, 6) is 0.372. The number of carbonyl (C=O) groups excluding carboxylic acids is 1. The van der Waals surface area contributed by atoms with Crippen LogP contribution in [-0.2, 0) is 6.54 Å². The Hall–Kier alpha value is -2.54. The van der Waals surface area contributed by atoms with E-state index < -0.39 is 0 Å². The highest BCUT2D eigenvalue weighted by molar-refractivity contribution is 5.89. The number of imidazole rings is 1. The Balaban J connectivity index is 2.17. The van der Waals surface area contributed by atoms with Crippen molar-refractivity contribution in [2.24, 2.45) is 0 Å². The lowest BCUT2D eigenvalue weighted by molar-refractivity contribution is 0.254. The number of aromatic nitrogens is 2. The monoisotopic (exact) mass is 261 g/mol. The Bertz CT molecular complexity index is 567. The number of urea groups is 1. The van der Waals surface area contributed by atoms with Crippen molar-refractivity contribution in [1.82, 2.24) is 14.9 Å². The van der Waals surface area contributed by atoms with E-state index >= 15 is 0 Å². The first kappa shape index (κ1) is 12.9. The van der Waals surface area contributed by atoms with Crippen LogP contribution >= 0.6 is 0 Å². The molecule has 100 valence electrons. The number of hydrogen-bond donors (Lipinski definition) is 4. The maximum absolute atomic E-state index is 11.4. The van der Waals surface area contributed by atoms with E-state index in [1.165, 1.54) is 0 Å². The number of benzene rings is 1. The maximum Gasteiger partial charge on any atom is 0.318 e. The van der Waals surface area contributed by atoms with Crippen molar-refractivity contribution < 1.29 is 10.0 Å². The zero-order valence-electron chi connectivity index (χ0n) is 10.4. The average molecular weight is 261 g/mol. The van der Waals surface area contributed by atoms with Crippen LogP contribution in [0.2, 0.25) is 0 Å². The van der Waals surface area contributed by atoms with Gasteiger partial charge in [0.1, 0.15) is 0 Å². The predicted molar refractivity (Wildman–Crippen MR) is 71.3 cm³/mol. The molecule has 4 N–H and O–H groups in total. The van der Waals surface area contributed by atoms with Crippen LogP contribution in [0.1, 0.15) is 5.56 Å². The molecule has 19 heavy (non-hydrogen) atoms. The second-order valence-corrected chi connectivity index (χ2v) is 3.90. The number of nitrogens with zero attached hydrogens (tertiary/aromatic N) is 2. The van der Waals surface area contributed by atoms with Crippen molar-refractivity contribution in [2.45, 2.75) is 6.54 Å². The Kier molecular flexibility index (Phi) is 3.99. The lowest BCUT2D eigenvalue weighted by Gasteiger charge is -2.11. The van der Waals surface area contributed by atoms with Gasteiger partial charge in [0.05, 0.1) is 12.9 Å². The molecule has 0 spiro atoms. The summed E-state index contributed by atoms with van der Waals surface area (Å²) >= 11 is 0. The van der Waals surface area contributed by atoms with E-state index in [2.05, 4.69) is 15.6 Å². The van der Waals surface area contributed by atoms with Crippen LogP contribution in [-0.4, -0.2) is 27.8 Å². The Labute approximate surface area is 110 Å². The number of anilines is 2. The highest BCUT2D eigenvalue weighted by atomic mass is 16.5. The lowest BCUT2D eigenvalue weighted by atomic mass is 10.2. The molecule has 0 atom stereocenters. The van der Waals surface area contributed by atoms with E-state index in [1.807, 2.05) is 29.7 Å². The summed E-state index contributed by atoms with van der Waals surface area (Å²) in [6, 6.07) is 7.22. The van der Waals surface area contributed by atoms with E-state index in [-0.39, 0.29) is 6.03 Å². The molecular weight excluding hydrogens is 246 g/mol. The third-order valence-electron chi connectivity index (χ3n) is 2.59. The van der Waals surface area contributed by atoms with Crippen molar-refractivity contribution in [3.63, 3.8) is 0 Å². The smallest absolute Gasteiger partial charge is 0.318 e. The van der Waals surface area contributed by atoms with Crippen molar-refractivity contribution in [1.29, 1.82) is 0 Å². The first-order valence-electron chi connectivity index (χ1n) is 5.71. The van der Waals surface area contributed by atoms with Gasteiger partial charge in [-0.25, -0.2) is 9.78 Å². The van der Waals surface area contributed by atoms with E-state index in [4.69, 9.17) is 5.21 Å². The van der Waals surface area contributed by atoms with Crippen LogP contribution in [0.3, 0.4) is 0 Å². The van der Waals surface area contributed by atoms with Crippen LogP contribution in [0.5, 0.6) is 0 Å². The van der Waals surface area contributed by atoms with Crippen LogP contribution in [0, 0.1) is 0 Å². The van der Waals surface area contributed by atoms with E-state index in [1.54, 1.807) is 24.1 Å². The zero-order chi connectivity index (χ0) is 13.7. The summed E-state index contributed by atoms with van der Waals surface area (Å²) in [4.78, 5) is 15.3. The van der Waals surface area contributed by atoms with Crippen LogP contribution in [0.25, 0.3) is 0 Å². The second-order valence-electron chi connectivity index (χ2n) is 3.90. The van der Waals surface area contributed by atoms with Gasteiger partial charge >= 0.3 is 6.03 Å². The number of carbonyl (C=O) groups is 1. The number of nitrogens with one attached hydrogen (secondary N) is 3. The molecule has 0 saturated heterocycles. The molecule has 7 heteroatoms. The second kappa shape index (κ2) is 5.87. The maximum atomic E-state index is 11.4. The van der Waals surface area contributed by atoms with Gasteiger partial charge in [-0.3, -0.25) is 10.7 Å². The SMILES string of the molecule is CNC(=O)Nc1ccccc1Cn1cnc(NO)c1. The predicted octanol–water partition coefficient (Wildman–Crippen LogP) is 1.48. The fourth-order valence-electron chi connectivity index (χ4n) is 1.67. The number of amides is 2. The topological polar surface area (TPSA) is 91.2 Å². The lowest BCUT2D eigenvalue weighted by Crippen LogP contribution is -2.25. The van der Waals surface area contributed by atoms with Gasteiger partial charge in [0.25, 0.3) is 0 Å². The molecule has 0 fully saturated rings. The van der Waals surface area contributed by atoms with E-state index in [9.17, 15) is 4.79 Å². The van der Waals surface area contributed by atoms with Crippen molar-refractivity contribution >= 4 is 17.5 Å². The highest BCUT2D eigenvalue weighted by Gasteiger charge is 2.06. The fraction of sp³-hybridized carbons (Fsp3) is 0.167. The van der Waals surface area contributed by atoms with E-state index in [0.29, 0.717) is 12.4 Å².